The number of fused-ring (bicyclic) bond motifs is 1. The van der Waals surface area contributed by atoms with E-state index < -0.39 is 0 Å². The van der Waals surface area contributed by atoms with Crippen LogP contribution in [-0.4, -0.2) is 82.1 Å². The molecule has 11 heteroatoms. The lowest BCUT2D eigenvalue weighted by atomic mass is 10.0. The van der Waals surface area contributed by atoms with Gasteiger partial charge in [0.1, 0.15) is 17.2 Å². The lowest BCUT2D eigenvalue weighted by Crippen LogP contribution is -2.44. The average Bonchev–Trinajstić information content (AvgIpc) is 3.64. The third-order valence-electron chi connectivity index (χ3n) is 7.31. The van der Waals surface area contributed by atoms with Crippen molar-refractivity contribution in [3.05, 3.63) is 70.3 Å². The zero-order chi connectivity index (χ0) is 28.9. The van der Waals surface area contributed by atoms with Crippen LogP contribution < -0.4 is 15.5 Å². The van der Waals surface area contributed by atoms with Gasteiger partial charge in [0.2, 0.25) is 0 Å². The maximum atomic E-state index is 13.5. The van der Waals surface area contributed by atoms with Crippen LogP contribution in [0.4, 0.5) is 5.82 Å². The molecule has 0 aromatic carbocycles. The van der Waals surface area contributed by atoms with Crippen molar-refractivity contribution in [1.29, 1.82) is 0 Å². The number of pyridine rings is 2. The zero-order valence-corrected chi connectivity index (χ0v) is 24.5. The van der Waals surface area contributed by atoms with Crippen LogP contribution in [0.2, 0.25) is 0 Å². The second kappa shape index (κ2) is 12.8. The first kappa shape index (κ1) is 28.7. The van der Waals surface area contributed by atoms with E-state index in [1.807, 2.05) is 42.8 Å². The number of thiophene rings is 1. The van der Waals surface area contributed by atoms with Crippen LogP contribution in [0.5, 0.6) is 0 Å². The number of piperazine rings is 1. The van der Waals surface area contributed by atoms with Gasteiger partial charge in [-0.15, -0.1) is 0 Å². The first-order valence-corrected chi connectivity index (χ1v) is 14.9. The van der Waals surface area contributed by atoms with Crippen molar-refractivity contribution in [2.24, 2.45) is 5.92 Å². The van der Waals surface area contributed by atoms with E-state index in [0.29, 0.717) is 41.5 Å². The minimum absolute atomic E-state index is 0.159. The molecule has 2 amide bonds. The zero-order valence-electron chi connectivity index (χ0n) is 23.7. The van der Waals surface area contributed by atoms with Crippen molar-refractivity contribution in [2.75, 3.05) is 44.7 Å². The lowest BCUT2D eigenvalue weighted by molar-refractivity contribution is 0.0901. The number of hydrogen-bond acceptors (Lipinski definition) is 8. The lowest BCUT2D eigenvalue weighted by Gasteiger charge is -2.33. The molecular weight excluding hydrogens is 538 g/mol. The minimum atomic E-state index is -0.383. The summed E-state index contributed by atoms with van der Waals surface area (Å²) in [5.74, 6) is 0.612. The highest BCUT2D eigenvalue weighted by Crippen LogP contribution is 2.28. The van der Waals surface area contributed by atoms with Gasteiger partial charge in [0.05, 0.1) is 18.2 Å². The number of likely N-dealkylation sites (N-methyl/N-ethyl adjacent to an activating group) is 1. The highest BCUT2D eigenvalue weighted by atomic mass is 32.1. The fraction of sp³-hybridized carbons (Fsp3) is 0.400. The highest BCUT2D eigenvalue weighted by Gasteiger charge is 2.26. The number of anilines is 1. The third kappa shape index (κ3) is 6.58. The van der Waals surface area contributed by atoms with E-state index in [1.54, 1.807) is 28.9 Å². The van der Waals surface area contributed by atoms with E-state index in [-0.39, 0.29) is 24.5 Å². The highest BCUT2D eigenvalue weighted by molar-refractivity contribution is 7.08. The second-order valence-electron chi connectivity index (χ2n) is 10.9. The van der Waals surface area contributed by atoms with Gasteiger partial charge >= 0.3 is 0 Å². The topological polar surface area (TPSA) is 115 Å². The molecule has 10 nitrogen and oxygen atoms in total. The van der Waals surface area contributed by atoms with E-state index >= 15 is 0 Å². The van der Waals surface area contributed by atoms with Crippen LogP contribution in [0.15, 0.2) is 53.5 Å². The molecule has 5 heterocycles. The number of carbonyl (C=O) groups excluding carboxylic acids is 2. The molecule has 0 spiro atoms. The van der Waals surface area contributed by atoms with Gasteiger partial charge in [0.15, 0.2) is 5.65 Å². The molecule has 0 aliphatic carbocycles. The van der Waals surface area contributed by atoms with Crippen LogP contribution in [0.3, 0.4) is 0 Å². The minimum Gasteiger partial charge on any atom is -0.394 e. The molecule has 5 rings (SSSR count). The first-order valence-electron chi connectivity index (χ1n) is 14.0. The Bertz CT molecular complexity index is 1480. The molecule has 1 aliphatic heterocycles. The van der Waals surface area contributed by atoms with Gasteiger partial charge in [-0.2, -0.15) is 11.3 Å². The predicted octanol–water partition coefficient (Wildman–Crippen LogP) is 3.28. The van der Waals surface area contributed by atoms with Gasteiger partial charge in [-0.05, 0) is 54.6 Å². The Hall–Kier alpha value is -3.80. The molecule has 0 unspecified atom stereocenters. The Balaban J connectivity index is 1.36. The molecule has 41 heavy (non-hydrogen) atoms. The van der Waals surface area contributed by atoms with Gasteiger partial charge in [0.25, 0.3) is 11.8 Å². The molecule has 0 radical (unpaired) electrons. The number of carbonyl (C=O) groups is 2. The summed E-state index contributed by atoms with van der Waals surface area (Å²) in [6.07, 6.45) is 4.18. The summed E-state index contributed by atoms with van der Waals surface area (Å²) in [5.41, 5.74) is 3.28. The van der Waals surface area contributed by atoms with E-state index in [2.05, 4.69) is 32.5 Å². The maximum Gasteiger partial charge on any atom is 0.270 e. The smallest absolute Gasteiger partial charge is 0.270 e. The van der Waals surface area contributed by atoms with E-state index in [9.17, 15) is 14.7 Å². The molecule has 1 atom stereocenters. The monoisotopic (exact) mass is 575 g/mol. The Labute approximate surface area is 244 Å². The van der Waals surface area contributed by atoms with Crippen molar-refractivity contribution < 1.29 is 14.7 Å². The first-order chi connectivity index (χ1) is 19.8. The molecule has 216 valence electrons. The van der Waals surface area contributed by atoms with E-state index in [4.69, 9.17) is 4.98 Å². The molecule has 3 N–H and O–H groups in total. The largest absolute Gasteiger partial charge is 0.394 e. The number of aromatic nitrogens is 3. The van der Waals surface area contributed by atoms with E-state index in [1.165, 1.54) is 11.3 Å². The van der Waals surface area contributed by atoms with Gasteiger partial charge < -0.3 is 25.5 Å². The second-order valence-corrected chi connectivity index (χ2v) is 11.7. The van der Waals surface area contributed by atoms with Crippen molar-refractivity contribution in [1.82, 2.24) is 29.9 Å². The number of rotatable bonds is 10. The quantitative estimate of drug-likeness (QED) is 0.266. The Morgan fingerprint density at radius 1 is 1.10 bits per heavy atom. The summed E-state index contributed by atoms with van der Waals surface area (Å²) in [4.78, 5) is 40.9. The number of aliphatic hydroxyl groups excluding tert-OH is 1. The molecule has 4 aromatic rings. The van der Waals surface area contributed by atoms with Crippen molar-refractivity contribution in [3.63, 3.8) is 0 Å². The van der Waals surface area contributed by atoms with Crippen LogP contribution in [0.25, 0.3) is 16.9 Å². The summed E-state index contributed by atoms with van der Waals surface area (Å²) in [7, 11) is 2.12. The maximum absolute atomic E-state index is 13.5. The summed E-state index contributed by atoms with van der Waals surface area (Å²) in [5, 5.41) is 19.6. The third-order valence-corrected chi connectivity index (χ3v) is 7.99. The fourth-order valence-electron chi connectivity index (χ4n) is 5.09. The summed E-state index contributed by atoms with van der Waals surface area (Å²) in [6.45, 7) is 8.15. The van der Waals surface area contributed by atoms with Crippen LogP contribution >= 0.6 is 11.3 Å². The van der Waals surface area contributed by atoms with Crippen LogP contribution in [0, 0.1) is 5.92 Å². The number of amides is 2. The van der Waals surface area contributed by atoms with Gasteiger partial charge in [-0.3, -0.25) is 14.0 Å². The molecule has 0 bridgehead atoms. The Morgan fingerprint density at radius 3 is 2.56 bits per heavy atom. The van der Waals surface area contributed by atoms with Crippen LogP contribution in [-0.2, 0) is 6.54 Å². The number of hydrogen-bond donors (Lipinski definition) is 3. The fourth-order valence-corrected chi connectivity index (χ4v) is 5.73. The number of aliphatic hydroxyl groups is 1. The predicted molar refractivity (Wildman–Crippen MR) is 161 cm³/mol. The standard InChI is InChI=1S/C30H37N7O3S/c1-20(2)15-23(18-38)33-30(40)27-26(22-8-14-41-19-22)34-28-24(5-4-9-37(27)28)29(39)32-17-21-6-7-25(31-16-21)36-12-10-35(3)11-13-36/h4-9,14,16,19-20,23,38H,10-13,15,17-18H2,1-3H3,(H,32,39)(H,33,40)/t23-/m0/s1. The molecule has 1 aliphatic rings. The molecular formula is C30H37N7O3S. The number of imidazole rings is 1. The number of nitrogens with one attached hydrogen (secondary N) is 2. The SMILES string of the molecule is CC(C)C[C@@H](CO)NC(=O)c1c(-c2ccsc2)nc2c(C(=O)NCc3ccc(N4CCN(C)CC4)nc3)cccn12. The number of nitrogens with zero attached hydrogens (tertiary/aromatic N) is 5. The summed E-state index contributed by atoms with van der Waals surface area (Å²) in [6, 6.07) is 8.95. The van der Waals surface area contributed by atoms with E-state index in [0.717, 1.165) is 43.1 Å². The van der Waals surface area contributed by atoms with Crippen molar-refractivity contribution >= 4 is 34.6 Å². The average molecular weight is 576 g/mol. The van der Waals surface area contributed by atoms with Gasteiger partial charge in [-0.1, -0.05) is 19.9 Å². The normalized spacial score (nSPS) is 14.9. The summed E-state index contributed by atoms with van der Waals surface area (Å²) < 4.78 is 1.66. The molecule has 1 saturated heterocycles. The molecule has 1 fully saturated rings. The van der Waals surface area contributed by atoms with Crippen molar-refractivity contribution in [2.45, 2.75) is 32.9 Å². The van der Waals surface area contributed by atoms with Crippen LogP contribution in [0.1, 0.15) is 46.7 Å². The molecule has 0 saturated carbocycles. The Kier molecular flexibility index (Phi) is 8.96. The summed E-state index contributed by atoms with van der Waals surface area (Å²) >= 11 is 1.51. The van der Waals surface area contributed by atoms with Crippen molar-refractivity contribution in [3.8, 4) is 11.3 Å². The Morgan fingerprint density at radius 2 is 1.90 bits per heavy atom. The van der Waals surface area contributed by atoms with Gasteiger partial charge in [0, 0.05) is 56.1 Å². The van der Waals surface area contributed by atoms with Gasteiger partial charge in [-0.25, -0.2) is 9.97 Å². The molecule has 4 aromatic heterocycles.